The summed E-state index contributed by atoms with van der Waals surface area (Å²) in [6.45, 7) is 5.00. The van der Waals surface area contributed by atoms with Gasteiger partial charge in [0.25, 0.3) is 0 Å². The third-order valence-electron chi connectivity index (χ3n) is 4.20. The largest absolute Gasteiger partial charge is 0.379 e. The molecule has 0 radical (unpaired) electrons. The maximum absolute atomic E-state index is 12.1. The number of benzene rings is 1. The molecule has 0 bridgehead atoms. The van der Waals surface area contributed by atoms with E-state index in [0.717, 1.165) is 42.9 Å². The van der Waals surface area contributed by atoms with Gasteiger partial charge in [-0.05, 0) is 23.3 Å². The normalized spacial score (nSPS) is 15.1. The number of nitrogens with zero attached hydrogens (tertiary/aromatic N) is 1. The van der Waals surface area contributed by atoms with Crippen molar-refractivity contribution < 1.29 is 9.53 Å². The maximum atomic E-state index is 12.1. The Bertz CT molecular complexity index is 717. The molecule has 1 saturated heterocycles. The highest BCUT2D eigenvalue weighted by atomic mass is 35.5. The van der Waals surface area contributed by atoms with Crippen LogP contribution < -0.4 is 5.32 Å². The van der Waals surface area contributed by atoms with Gasteiger partial charge in [0.15, 0.2) is 0 Å². The molecular formula is C19H23ClN2O2S2. The average molecular weight is 411 g/mol. The fourth-order valence-electron chi connectivity index (χ4n) is 2.80. The molecule has 26 heavy (non-hydrogen) atoms. The summed E-state index contributed by atoms with van der Waals surface area (Å²) in [6.07, 6.45) is 0. The van der Waals surface area contributed by atoms with E-state index < -0.39 is 0 Å². The van der Waals surface area contributed by atoms with Crippen molar-refractivity contribution in [1.29, 1.82) is 0 Å². The van der Waals surface area contributed by atoms with Crippen LogP contribution in [0.3, 0.4) is 0 Å². The minimum atomic E-state index is 0.0684. The van der Waals surface area contributed by atoms with Gasteiger partial charge in [-0.15, -0.1) is 23.1 Å². The molecule has 3 rings (SSSR count). The number of halogens is 1. The number of thioether (sulfide) groups is 1. The third kappa shape index (κ3) is 6.28. The van der Waals surface area contributed by atoms with Crippen LogP contribution in [0.4, 0.5) is 0 Å². The van der Waals surface area contributed by atoms with Crippen molar-refractivity contribution in [1.82, 2.24) is 10.2 Å². The van der Waals surface area contributed by atoms with Crippen LogP contribution in [0.1, 0.15) is 16.0 Å². The molecule has 1 aromatic carbocycles. The van der Waals surface area contributed by atoms with Crippen molar-refractivity contribution in [3.63, 3.8) is 0 Å². The number of hydrogen-bond donors (Lipinski definition) is 1. The van der Waals surface area contributed by atoms with Gasteiger partial charge >= 0.3 is 0 Å². The summed E-state index contributed by atoms with van der Waals surface area (Å²) < 4.78 is 6.20. The van der Waals surface area contributed by atoms with Crippen LogP contribution in [0.2, 0.25) is 4.34 Å². The zero-order valence-electron chi connectivity index (χ0n) is 14.6. The van der Waals surface area contributed by atoms with Gasteiger partial charge in [0.05, 0.1) is 23.3 Å². The second kappa shape index (κ2) is 10.3. The Morgan fingerprint density at radius 2 is 1.96 bits per heavy atom. The standard InChI is InChI=1S/C19H23ClN2O2S2/c20-18-6-5-17(26-18)13-25-14-19(23)21-11-15-3-1-2-4-16(15)12-22-7-9-24-10-8-22/h1-6H,7-14H2,(H,21,23). The van der Waals surface area contributed by atoms with Gasteiger partial charge in [-0.2, -0.15) is 0 Å². The zero-order valence-corrected chi connectivity index (χ0v) is 17.0. The van der Waals surface area contributed by atoms with Crippen LogP contribution in [0.25, 0.3) is 0 Å². The second-order valence-electron chi connectivity index (χ2n) is 6.13. The van der Waals surface area contributed by atoms with Gasteiger partial charge in [0.2, 0.25) is 5.91 Å². The maximum Gasteiger partial charge on any atom is 0.230 e. The van der Waals surface area contributed by atoms with Crippen molar-refractivity contribution in [2.45, 2.75) is 18.8 Å². The number of carbonyl (C=O) groups is 1. The van der Waals surface area contributed by atoms with Crippen LogP contribution in [-0.2, 0) is 28.4 Å². The van der Waals surface area contributed by atoms with Crippen LogP contribution in [0.15, 0.2) is 36.4 Å². The molecule has 0 spiro atoms. The fourth-order valence-corrected chi connectivity index (χ4v) is 4.86. The molecule has 1 aromatic heterocycles. The molecular weight excluding hydrogens is 388 g/mol. The van der Waals surface area contributed by atoms with Crippen LogP contribution in [-0.4, -0.2) is 42.9 Å². The van der Waals surface area contributed by atoms with Crippen LogP contribution in [0.5, 0.6) is 0 Å². The van der Waals surface area contributed by atoms with E-state index in [4.69, 9.17) is 16.3 Å². The molecule has 2 aromatic rings. The SMILES string of the molecule is O=C(CSCc1ccc(Cl)s1)NCc1ccccc1CN1CCOCC1. The number of hydrogen-bond acceptors (Lipinski definition) is 5. The number of carbonyl (C=O) groups excluding carboxylic acids is 1. The minimum absolute atomic E-state index is 0.0684. The Balaban J connectivity index is 1.44. The van der Waals surface area contributed by atoms with E-state index >= 15 is 0 Å². The molecule has 140 valence electrons. The van der Waals surface area contributed by atoms with E-state index in [-0.39, 0.29) is 5.91 Å². The highest BCUT2D eigenvalue weighted by Crippen LogP contribution is 2.25. The second-order valence-corrected chi connectivity index (χ2v) is 8.92. The predicted octanol–water partition coefficient (Wildman–Crippen LogP) is 3.78. The van der Waals surface area contributed by atoms with Crippen molar-refractivity contribution >= 4 is 40.6 Å². The zero-order chi connectivity index (χ0) is 18.2. The summed E-state index contributed by atoms with van der Waals surface area (Å²) in [6, 6.07) is 12.2. The number of amides is 1. The molecule has 0 unspecified atom stereocenters. The first kappa shape index (κ1) is 19.7. The number of thiophene rings is 1. The highest BCUT2D eigenvalue weighted by molar-refractivity contribution is 7.99. The number of ether oxygens (including phenoxy) is 1. The van der Waals surface area contributed by atoms with E-state index in [0.29, 0.717) is 12.3 Å². The Labute approximate surface area is 167 Å². The molecule has 1 N–H and O–H groups in total. The summed E-state index contributed by atoms with van der Waals surface area (Å²) in [5.74, 6) is 1.35. The average Bonchev–Trinajstić information content (AvgIpc) is 3.07. The van der Waals surface area contributed by atoms with Gasteiger partial charge in [-0.25, -0.2) is 0 Å². The van der Waals surface area contributed by atoms with Gasteiger partial charge in [-0.3, -0.25) is 9.69 Å². The van der Waals surface area contributed by atoms with Crippen molar-refractivity contribution in [3.8, 4) is 0 Å². The molecule has 0 atom stereocenters. The summed E-state index contributed by atoms with van der Waals surface area (Å²) in [4.78, 5) is 15.7. The molecule has 2 heterocycles. The lowest BCUT2D eigenvalue weighted by Gasteiger charge is -2.27. The van der Waals surface area contributed by atoms with Gasteiger partial charge in [-0.1, -0.05) is 35.9 Å². The number of morpholine rings is 1. The first-order valence-electron chi connectivity index (χ1n) is 8.66. The third-order valence-corrected chi connectivity index (χ3v) is 6.59. The Hall–Kier alpha value is -1.05. The lowest BCUT2D eigenvalue weighted by atomic mass is 10.1. The Kier molecular flexibility index (Phi) is 7.83. The molecule has 0 aliphatic carbocycles. The molecule has 1 aliphatic heterocycles. The summed E-state index contributed by atoms with van der Waals surface area (Å²) in [7, 11) is 0. The molecule has 0 saturated carbocycles. The Morgan fingerprint density at radius 1 is 1.19 bits per heavy atom. The lowest BCUT2D eigenvalue weighted by Crippen LogP contribution is -2.36. The van der Waals surface area contributed by atoms with Crippen LogP contribution in [0, 0.1) is 0 Å². The van der Waals surface area contributed by atoms with E-state index in [9.17, 15) is 4.79 Å². The monoisotopic (exact) mass is 410 g/mol. The topological polar surface area (TPSA) is 41.6 Å². The van der Waals surface area contributed by atoms with E-state index in [2.05, 4.69) is 28.4 Å². The first-order chi connectivity index (χ1) is 12.7. The molecule has 1 aliphatic rings. The van der Waals surface area contributed by atoms with Crippen LogP contribution >= 0.6 is 34.7 Å². The predicted molar refractivity (Wildman–Crippen MR) is 110 cm³/mol. The number of rotatable bonds is 8. The molecule has 4 nitrogen and oxygen atoms in total. The first-order valence-corrected chi connectivity index (χ1v) is 11.0. The van der Waals surface area contributed by atoms with Crippen molar-refractivity contribution in [3.05, 3.63) is 56.7 Å². The van der Waals surface area contributed by atoms with E-state index in [1.807, 2.05) is 18.2 Å². The minimum Gasteiger partial charge on any atom is -0.379 e. The van der Waals surface area contributed by atoms with Gasteiger partial charge in [0, 0.05) is 36.8 Å². The summed E-state index contributed by atoms with van der Waals surface area (Å²) in [5, 5.41) is 3.04. The van der Waals surface area contributed by atoms with Crippen molar-refractivity contribution in [2.75, 3.05) is 32.1 Å². The highest BCUT2D eigenvalue weighted by Gasteiger charge is 2.13. The Morgan fingerprint density at radius 3 is 2.69 bits per heavy atom. The fraction of sp³-hybridized carbons (Fsp3) is 0.421. The van der Waals surface area contributed by atoms with E-state index in [1.165, 1.54) is 16.0 Å². The van der Waals surface area contributed by atoms with Crippen molar-refractivity contribution in [2.24, 2.45) is 0 Å². The smallest absolute Gasteiger partial charge is 0.230 e. The summed E-state index contributed by atoms with van der Waals surface area (Å²) >= 11 is 9.10. The molecule has 7 heteroatoms. The van der Waals surface area contributed by atoms with E-state index in [1.54, 1.807) is 23.1 Å². The summed E-state index contributed by atoms with van der Waals surface area (Å²) in [5.41, 5.74) is 2.46. The quantitative estimate of drug-likeness (QED) is 0.719. The van der Waals surface area contributed by atoms with Gasteiger partial charge in [0.1, 0.15) is 0 Å². The van der Waals surface area contributed by atoms with Gasteiger partial charge < -0.3 is 10.1 Å². The molecule has 1 amide bonds. The molecule has 1 fully saturated rings. The number of nitrogens with one attached hydrogen (secondary N) is 1. The lowest BCUT2D eigenvalue weighted by molar-refractivity contribution is -0.118.